The Bertz CT molecular complexity index is 703. The van der Waals surface area contributed by atoms with Crippen molar-refractivity contribution in [1.82, 2.24) is 0 Å². The standard InChI is InChI=1S/C14H12ClN2O4/c1-9-7-12(5-6-13(9)17(16)19)20-21-14(18)10-3-2-4-11(15)8-10/h2-8H,1H3,(H2,16,19)/q+1. The molecule has 0 radical (unpaired) electrons. The number of rotatable bonds is 4. The van der Waals surface area contributed by atoms with E-state index in [-0.39, 0.29) is 16.2 Å². The first-order valence-electron chi connectivity index (χ1n) is 5.94. The van der Waals surface area contributed by atoms with E-state index < -0.39 is 5.97 Å². The average molecular weight is 308 g/mol. The van der Waals surface area contributed by atoms with Crippen molar-refractivity contribution in [1.29, 1.82) is 0 Å². The molecule has 2 rings (SSSR count). The molecule has 0 fully saturated rings. The van der Waals surface area contributed by atoms with Crippen LogP contribution in [0.5, 0.6) is 5.75 Å². The van der Waals surface area contributed by atoms with E-state index in [0.717, 1.165) is 0 Å². The van der Waals surface area contributed by atoms with Crippen LogP contribution in [0.4, 0.5) is 5.69 Å². The minimum absolute atomic E-state index is 0.247. The van der Waals surface area contributed by atoms with E-state index in [1.807, 2.05) is 0 Å². The Morgan fingerprint density at radius 3 is 2.62 bits per heavy atom. The van der Waals surface area contributed by atoms with Crippen LogP contribution >= 0.6 is 11.6 Å². The molecular weight excluding hydrogens is 296 g/mol. The van der Waals surface area contributed by atoms with Crippen LogP contribution in [-0.2, 0) is 4.89 Å². The lowest BCUT2D eigenvalue weighted by atomic mass is 10.2. The lowest BCUT2D eigenvalue weighted by molar-refractivity contribution is -0.475. The van der Waals surface area contributed by atoms with Crippen molar-refractivity contribution in [3.63, 3.8) is 0 Å². The summed E-state index contributed by atoms with van der Waals surface area (Å²) in [6.45, 7) is 1.68. The van der Waals surface area contributed by atoms with E-state index >= 15 is 0 Å². The molecule has 0 aliphatic carbocycles. The summed E-state index contributed by atoms with van der Waals surface area (Å²) >= 11 is 5.78. The zero-order valence-corrected chi connectivity index (χ0v) is 11.8. The van der Waals surface area contributed by atoms with E-state index in [2.05, 4.69) is 0 Å². The number of nitrogens with zero attached hydrogens (tertiary/aromatic N) is 1. The van der Waals surface area contributed by atoms with Crippen molar-refractivity contribution in [3.8, 4) is 5.75 Å². The van der Waals surface area contributed by atoms with Gasteiger partial charge in [-0.2, -0.15) is 5.84 Å². The van der Waals surface area contributed by atoms with Crippen molar-refractivity contribution in [3.05, 3.63) is 63.5 Å². The van der Waals surface area contributed by atoms with Gasteiger partial charge in [0.15, 0.2) is 10.6 Å². The molecule has 0 saturated carbocycles. The van der Waals surface area contributed by atoms with Gasteiger partial charge in [-0.25, -0.2) is 9.68 Å². The van der Waals surface area contributed by atoms with Crippen LogP contribution in [0.15, 0.2) is 42.5 Å². The molecule has 108 valence electrons. The predicted octanol–water partition coefficient (Wildman–Crippen LogP) is 3.08. The van der Waals surface area contributed by atoms with Crippen LogP contribution in [0.1, 0.15) is 15.9 Å². The fourth-order valence-electron chi connectivity index (χ4n) is 1.68. The highest BCUT2D eigenvalue weighted by atomic mass is 35.5. The van der Waals surface area contributed by atoms with E-state index in [4.69, 9.17) is 27.2 Å². The molecule has 7 heteroatoms. The van der Waals surface area contributed by atoms with E-state index in [0.29, 0.717) is 16.3 Å². The highest BCUT2D eigenvalue weighted by Crippen LogP contribution is 2.22. The largest absolute Gasteiger partial charge is 0.386 e. The van der Waals surface area contributed by atoms with Crippen LogP contribution in [-0.4, -0.2) is 10.8 Å². The van der Waals surface area contributed by atoms with Gasteiger partial charge in [-0.3, -0.25) is 4.89 Å². The first-order chi connectivity index (χ1) is 9.97. The van der Waals surface area contributed by atoms with Gasteiger partial charge < -0.3 is 0 Å². The second-order valence-corrected chi connectivity index (χ2v) is 4.67. The molecule has 6 nitrogen and oxygen atoms in total. The zero-order valence-electron chi connectivity index (χ0n) is 11.1. The van der Waals surface area contributed by atoms with Crippen LogP contribution in [0, 0.1) is 11.8 Å². The van der Waals surface area contributed by atoms with E-state index in [1.165, 1.54) is 24.3 Å². The number of halogens is 1. The molecule has 0 saturated heterocycles. The summed E-state index contributed by atoms with van der Waals surface area (Å²) in [6, 6.07) is 10.7. The van der Waals surface area contributed by atoms with Crippen molar-refractivity contribution >= 4 is 23.3 Å². The molecule has 0 aromatic heterocycles. The molecule has 0 heterocycles. The summed E-state index contributed by atoms with van der Waals surface area (Å²) in [5.41, 5.74) is 1.15. The number of nitrogens with two attached hydrogens (primary N) is 1. The second kappa shape index (κ2) is 6.23. The van der Waals surface area contributed by atoms with Crippen molar-refractivity contribution < 1.29 is 19.4 Å². The Kier molecular flexibility index (Phi) is 4.39. The molecule has 0 amide bonds. The third-order valence-electron chi connectivity index (χ3n) is 2.68. The van der Waals surface area contributed by atoms with Crippen LogP contribution in [0.3, 0.4) is 0 Å². The van der Waals surface area contributed by atoms with Gasteiger partial charge in [-0.05, 0) is 37.3 Å². The third-order valence-corrected chi connectivity index (χ3v) is 2.91. The van der Waals surface area contributed by atoms with Gasteiger partial charge in [0.1, 0.15) is 0 Å². The maximum absolute atomic E-state index is 11.7. The van der Waals surface area contributed by atoms with Gasteiger partial charge >= 0.3 is 5.97 Å². The highest BCUT2D eigenvalue weighted by Gasteiger charge is 2.15. The Morgan fingerprint density at radius 2 is 2.00 bits per heavy atom. The van der Waals surface area contributed by atoms with Gasteiger partial charge in [0.05, 0.1) is 10.5 Å². The number of carbonyl (C=O) groups excluding carboxylic acids is 1. The molecule has 21 heavy (non-hydrogen) atoms. The van der Waals surface area contributed by atoms with Gasteiger partial charge in [0.25, 0.3) is 5.69 Å². The number of benzene rings is 2. The SMILES string of the molecule is Cc1cc(OOC(=O)c2cccc(Cl)c2)ccc1[N+](N)=O. The van der Waals surface area contributed by atoms with Crippen LogP contribution in [0.2, 0.25) is 5.02 Å². The molecule has 2 aromatic carbocycles. The Hall–Kier alpha value is -2.60. The fourth-order valence-corrected chi connectivity index (χ4v) is 1.87. The number of nitroso groups, excluding NO2 is 1. The fraction of sp³-hybridized carbons (Fsp3) is 0.0714. The van der Waals surface area contributed by atoms with Gasteiger partial charge in [-0.1, -0.05) is 17.7 Å². The molecule has 2 N–H and O–H groups in total. The quantitative estimate of drug-likeness (QED) is 0.406. The summed E-state index contributed by atoms with van der Waals surface area (Å²) in [5.74, 6) is 4.71. The Balaban J connectivity index is 2.05. The van der Waals surface area contributed by atoms with Crippen molar-refractivity contribution in [2.24, 2.45) is 5.84 Å². The van der Waals surface area contributed by atoms with Crippen molar-refractivity contribution in [2.75, 3.05) is 0 Å². The number of hydrogen-bond donors (Lipinski definition) is 1. The number of hydrogen-bond acceptors (Lipinski definition) is 4. The van der Waals surface area contributed by atoms with Gasteiger partial charge in [0, 0.05) is 16.7 Å². The molecule has 0 aliphatic rings. The molecule has 0 spiro atoms. The average Bonchev–Trinajstić information content (AvgIpc) is 2.44. The summed E-state index contributed by atoms with van der Waals surface area (Å²) in [6.07, 6.45) is 0. The third kappa shape index (κ3) is 3.70. The molecule has 0 bridgehead atoms. The lowest BCUT2D eigenvalue weighted by Crippen LogP contribution is -2.11. The van der Waals surface area contributed by atoms with E-state index in [9.17, 15) is 9.70 Å². The molecule has 0 unspecified atom stereocenters. The van der Waals surface area contributed by atoms with Gasteiger partial charge in [-0.15, -0.1) is 0 Å². The summed E-state index contributed by atoms with van der Waals surface area (Å²) in [4.78, 5) is 32.6. The molecular formula is C14H12ClN2O4+. The molecule has 0 atom stereocenters. The van der Waals surface area contributed by atoms with Gasteiger partial charge in [0.2, 0.25) is 0 Å². The summed E-state index contributed by atoms with van der Waals surface area (Å²) in [7, 11) is 0. The minimum Gasteiger partial charge on any atom is -0.287 e. The molecule has 2 aromatic rings. The highest BCUT2D eigenvalue weighted by molar-refractivity contribution is 6.30. The van der Waals surface area contributed by atoms with Crippen molar-refractivity contribution in [2.45, 2.75) is 6.92 Å². The normalized spacial score (nSPS) is 10.0. The first kappa shape index (κ1) is 14.8. The number of hydrazine groups is 1. The summed E-state index contributed by atoms with van der Waals surface area (Å²) < 4.78 is 0. The minimum atomic E-state index is -0.677. The predicted molar refractivity (Wildman–Crippen MR) is 76.1 cm³/mol. The lowest BCUT2D eigenvalue weighted by Gasteiger charge is -2.05. The maximum Gasteiger partial charge on any atom is 0.386 e. The number of aryl methyl sites for hydroxylation is 1. The topological polar surface area (TPSA) is 81.6 Å². The number of carbonyl (C=O) groups is 1. The Morgan fingerprint density at radius 1 is 1.24 bits per heavy atom. The first-order valence-corrected chi connectivity index (χ1v) is 6.32. The zero-order chi connectivity index (χ0) is 15.4. The molecule has 0 aliphatic heterocycles. The second-order valence-electron chi connectivity index (χ2n) is 4.24. The summed E-state index contributed by atoms with van der Waals surface area (Å²) in [5, 5.41) is 0.420. The smallest absolute Gasteiger partial charge is 0.287 e. The van der Waals surface area contributed by atoms with E-state index in [1.54, 1.807) is 25.1 Å². The van der Waals surface area contributed by atoms with Crippen LogP contribution < -0.4 is 10.7 Å². The Labute approximate surface area is 125 Å². The monoisotopic (exact) mass is 307 g/mol. The van der Waals surface area contributed by atoms with Crippen LogP contribution in [0.25, 0.3) is 0 Å². The maximum atomic E-state index is 11.7.